The van der Waals surface area contributed by atoms with Crippen LogP contribution < -0.4 is 5.32 Å². The average molecular weight is 227 g/mol. The molecular weight excluding hydrogens is 217 g/mol. The van der Waals surface area contributed by atoms with E-state index in [9.17, 15) is 14.0 Å². The lowest BCUT2D eigenvalue weighted by Crippen LogP contribution is -2.17. The maximum Gasteiger partial charge on any atom is 0.411 e. The van der Waals surface area contributed by atoms with Crippen molar-refractivity contribution in [2.24, 2.45) is 0 Å². The van der Waals surface area contributed by atoms with Gasteiger partial charge in [-0.05, 0) is 19.1 Å². The Bertz CT molecular complexity index is 419. The molecule has 2 N–H and O–H groups in total. The van der Waals surface area contributed by atoms with Gasteiger partial charge >= 0.3 is 12.1 Å². The zero-order chi connectivity index (χ0) is 12.1. The number of halogens is 1. The Labute approximate surface area is 90.8 Å². The summed E-state index contributed by atoms with van der Waals surface area (Å²) in [7, 11) is 0. The molecule has 0 fully saturated rings. The highest BCUT2D eigenvalue weighted by atomic mass is 19.1. The summed E-state index contributed by atoms with van der Waals surface area (Å²) in [5.74, 6) is -2.15. The quantitative estimate of drug-likeness (QED) is 0.828. The highest BCUT2D eigenvalue weighted by Gasteiger charge is 2.16. The van der Waals surface area contributed by atoms with Crippen LogP contribution in [0.15, 0.2) is 18.2 Å². The van der Waals surface area contributed by atoms with Crippen molar-refractivity contribution in [1.29, 1.82) is 0 Å². The van der Waals surface area contributed by atoms with Crippen molar-refractivity contribution in [3.05, 3.63) is 29.6 Å². The molecular formula is C10H10FNO4. The average Bonchev–Trinajstić information content (AvgIpc) is 2.21. The lowest BCUT2D eigenvalue weighted by atomic mass is 10.1. The van der Waals surface area contributed by atoms with Crippen LogP contribution in [0, 0.1) is 5.82 Å². The summed E-state index contributed by atoms with van der Waals surface area (Å²) in [6, 6.07) is 3.48. The molecule has 0 aromatic heterocycles. The fraction of sp³-hybridized carbons (Fsp3) is 0.200. The number of carboxylic acid groups (broad SMARTS) is 1. The molecule has 0 atom stereocenters. The number of carboxylic acids is 1. The second kappa shape index (κ2) is 5.11. The third kappa shape index (κ3) is 2.69. The van der Waals surface area contributed by atoms with Crippen LogP contribution in [-0.4, -0.2) is 23.8 Å². The lowest BCUT2D eigenvalue weighted by Gasteiger charge is -2.08. The van der Waals surface area contributed by atoms with Crippen LogP contribution in [0.5, 0.6) is 0 Å². The van der Waals surface area contributed by atoms with Crippen LogP contribution in [0.25, 0.3) is 0 Å². The summed E-state index contributed by atoms with van der Waals surface area (Å²) in [6.45, 7) is 1.70. The third-order valence-corrected chi connectivity index (χ3v) is 1.75. The molecule has 0 heterocycles. The number of anilines is 1. The highest BCUT2D eigenvalue weighted by molar-refractivity contribution is 5.98. The molecule has 6 heteroatoms. The second-order valence-corrected chi connectivity index (χ2v) is 2.81. The van der Waals surface area contributed by atoms with E-state index < -0.39 is 23.6 Å². The van der Waals surface area contributed by atoms with Crippen molar-refractivity contribution in [2.75, 3.05) is 11.9 Å². The number of nitrogens with one attached hydrogen (secondary N) is 1. The van der Waals surface area contributed by atoms with E-state index in [0.717, 1.165) is 6.07 Å². The van der Waals surface area contributed by atoms with Gasteiger partial charge in [0, 0.05) is 0 Å². The van der Waals surface area contributed by atoms with Gasteiger partial charge in [-0.2, -0.15) is 0 Å². The van der Waals surface area contributed by atoms with Gasteiger partial charge in [-0.1, -0.05) is 6.07 Å². The van der Waals surface area contributed by atoms with Gasteiger partial charge in [-0.25, -0.2) is 14.0 Å². The minimum absolute atomic E-state index is 0.114. The van der Waals surface area contributed by atoms with Gasteiger partial charge in [-0.15, -0.1) is 0 Å². The molecule has 16 heavy (non-hydrogen) atoms. The Hall–Kier alpha value is -2.11. The smallest absolute Gasteiger partial charge is 0.411 e. The first-order chi connectivity index (χ1) is 7.56. The number of ether oxygens (including phenoxy) is 1. The van der Waals surface area contributed by atoms with Crippen LogP contribution in [0.4, 0.5) is 14.9 Å². The van der Waals surface area contributed by atoms with E-state index in [2.05, 4.69) is 4.74 Å². The first kappa shape index (κ1) is 12.0. The number of benzene rings is 1. The second-order valence-electron chi connectivity index (χ2n) is 2.81. The number of aromatic carboxylic acids is 1. The molecule has 1 amide bonds. The molecule has 0 bridgehead atoms. The molecule has 0 saturated heterocycles. The Morgan fingerprint density at radius 3 is 2.75 bits per heavy atom. The number of amides is 1. The summed E-state index contributed by atoms with van der Waals surface area (Å²) in [6.07, 6.45) is -0.893. The van der Waals surface area contributed by atoms with E-state index >= 15 is 0 Å². The SMILES string of the molecule is CCOC(=O)Nc1c(F)cccc1C(=O)O. The molecule has 0 saturated carbocycles. The van der Waals surface area contributed by atoms with Crippen LogP contribution in [-0.2, 0) is 4.74 Å². The number of carbonyl (C=O) groups excluding carboxylic acids is 1. The van der Waals surface area contributed by atoms with Crippen molar-refractivity contribution in [3.8, 4) is 0 Å². The van der Waals surface area contributed by atoms with Gasteiger partial charge in [0.25, 0.3) is 0 Å². The monoisotopic (exact) mass is 227 g/mol. The van der Waals surface area contributed by atoms with Crippen molar-refractivity contribution < 1.29 is 23.8 Å². The van der Waals surface area contributed by atoms with Crippen LogP contribution >= 0.6 is 0 Å². The Kier molecular flexibility index (Phi) is 3.82. The number of para-hydroxylation sites is 1. The van der Waals surface area contributed by atoms with Crippen LogP contribution in [0.3, 0.4) is 0 Å². The summed E-state index contributed by atoms with van der Waals surface area (Å²) < 4.78 is 17.8. The predicted octanol–water partition coefficient (Wildman–Crippen LogP) is 2.09. The standard InChI is InChI=1S/C10H10FNO4/c1-2-16-10(15)12-8-6(9(13)14)4-3-5-7(8)11/h3-5H,2H2,1H3,(H,12,15)(H,13,14). The first-order valence-corrected chi connectivity index (χ1v) is 4.51. The van der Waals surface area contributed by atoms with E-state index in [0.29, 0.717) is 0 Å². The van der Waals surface area contributed by atoms with Crippen molar-refractivity contribution >= 4 is 17.7 Å². The zero-order valence-corrected chi connectivity index (χ0v) is 8.49. The molecule has 5 nitrogen and oxygen atoms in total. The maximum absolute atomic E-state index is 13.3. The normalized spacial score (nSPS) is 9.62. The molecule has 0 unspecified atom stereocenters. The van der Waals surface area contributed by atoms with E-state index in [4.69, 9.17) is 5.11 Å². The molecule has 0 spiro atoms. The van der Waals surface area contributed by atoms with E-state index in [-0.39, 0.29) is 12.2 Å². The van der Waals surface area contributed by atoms with E-state index in [1.54, 1.807) is 6.92 Å². The Morgan fingerprint density at radius 2 is 2.19 bits per heavy atom. The van der Waals surface area contributed by atoms with Gasteiger partial charge in [0.15, 0.2) is 0 Å². The van der Waals surface area contributed by atoms with Crippen molar-refractivity contribution in [1.82, 2.24) is 0 Å². The molecule has 1 rings (SSSR count). The summed E-state index contributed by atoms with van der Waals surface area (Å²) in [4.78, 5) is 21.8. The lowest BCUT2D eigenvalue weighted by molar-refractivity contribution is 0.0697. The van der Waals surface area contributed by atoms with Gasteiger partial charge in [0.05, 0.1) is 17.9 Å². The molecule has 86 valence electrons. The maximum atomic E-state index is 13.3. The summed E-state index contributed by atoms with van der Waals surface area (Å²) >= 11 is 0. The fourth-order valence-electron chi connectivity index (χ4n) is 1.10. The van der Waals surface area contributed by atoms with Crippen molar-refractivity contribution in [2.45, 2.75) is 6.92 Å². The molecule has 1 aromatic carbocycles. The van der Waals surface area contributed by atoms with E-state index in [1.807, 2.05) is 5.32 Å². The Morgan fingerprint density at radius 1 is 1.50 bits per heavy atom. The van der Waals surface area contributed by atoms with Gasteiger partial charge in [-0.3, -0.25) is 5.32 Å². The minimum atomic E-state index is -1.33. The zero-order valence-electron chi connectivity index (χ0n) is 8.49. The molecule has 0 aliphatic heterocycles. The summed E-state index contributed by atoms with van der Waals surface area (Å²) in [5.41, 5.74) is -0.721. The minimum Gasteiger partial charge on any atom is -0.478 e. The van der Waals surface area contributed by atoms with E-state index in [1.165, 1.54) is 12.1 Å². The largest absolute Gasteiger partial charge is 0.478 e. The van der Waals surface area contributed by atoms with Gasteiger partial charge < -0.3 is 9.84 Å². The number of hydrogen-bond donors (Lipinski definition) is 2. The molecule has 0 aliphatic rings. The Balaban J connectivity index is 3.01. The van der Waals surface area contributed by atoms with Gasteiger partial charge in [0.2, 0.25) is 0 Å². The fourth-order valence-corrected chi connectivity index (χ4v) is 1.10. The summed E-state index contributed by atoms with van der Waals surface area (Å²) in [5, 5.41) is 10.8. The topological polar surface area (TPSA) is 75.6 Å². The molecule has 1 aromatic rings. The molecule has 0 aliphatic carbocycles. The predicted molar refractivity (Wildman–Crippen MR) is 54.0 cm³/mol. The van der Waals surface area contributed by atoms with Crippen LogP contribution in [0.2, 0.25) is 0 Å². The molecule has 0 radical (unpaired) electrons. The number of hydrogen-bond acceptors (Lipinski definition) is 3. The first-order valence-electron chi connectivity index (χ1n) is 4.51. The van der Waals surface area contributed by atoms with Gasteiger partial charge in [0.1, 0.15) is 5.82 Å². The number of carbonyl (C=O) groups is 2. The third-order valence-electron chi connectivity index (χ3n) is 1.75. The number of rotatable bonds is 3. The van der Waals surface area contributed by atoms with Crippen molar-refractivity contribution in [3.63, 3.8) is 0 Å². The van der Waals surface area contributed by atoms with Crippen LogP contribution in [0.1, 0.15) is 17.3 Å². The highest BCUT2D eigenvalue weighted by Crippen LogP contribution is 2.19.